The minimum atomic E-state index is 1.18. The Kier molecular flexibility index (Phi) is 4.16. The van der Waals surface area contributed by atoms with Gasteiger partial charge in [0, 0.05) is 12.9 Å². The maximum Gasteiger partial charge on any atom is 0.0894 e. The van der Waals surface area contributed by atoms with E-state index in [-0.39, 0.29) is 0 Å². The summed E-state index contributed by atoms with van der Waals surface area (Å²) in [5, 5.41) is 0. The third kappa shape index (κ3) is 4.92. The van der Waals surface area contributed by atoms with E-state index in [1.807, 2.05) is 0 Å². The van der Waals surface area contributed by atoms with Crippen LogP contribution in [0.5, 0.6) is 0 Å². The van der Waals surface area contributed by atoms with Crippen LogP contribution in [0.15, 0.2) is 16.2 Å². The number of aliphatic imine (C=N–C) groups is 2. The lowest BCUT2D eigenvalue weighted by atomic mass is 11.0. The fourth-order valence-corrected chi connectivity index (χ4v) is 0.134. The third-order valence-electron chi connectivity index (χ3n) is 0.347. The van der Waals surface area contributed by atoms with Crippen molar-refractivity contribution in [3.8, 4) is 0 Å². The van der Waals surface area contributed by atoms with Crippen molar-refractivity contribution in [2.75, 3.05) is 7.05 Å². The van der Waals surface area contributed by atoms with Crippen LogP contribution in [0.25, 0.3) is 0 Å². The van der Waals surface area contributed by atoms with Crippen molar-refractivity contribution in [3.63, 3.8) is 0 Å². The Morgan fingerprint density at radius 1 is 1.71 bits per heavy atom. The summed E-state index contributed by atoms with van der Waals surface area (Å²) in [6, 6.07) is 0. The molecule has 3 nitrogen and oxygen atoms in total. The number of hydrogen-bond acceptors (Lipinski definition) is 2. The Morgan fingerprint density at radius 2 is 2.43 bits per heavy atom. The molecule has 0 fully saturated rings. The van der Waals surface area contributed by atoms with Gasteiger partial charge in [0.05, 0.1) is 12.5 Å². The zero-order valence-corrected chi connectivity index (χ0v) is 4.13. The highest BCUT2D eigenvalue weighted by molar-refractivity contribution is 5.58. The van der Waals surface area contributed by atoms with Crippen molar-refractivity contribution in [1.29, 1.82) is 0 Å². The first kappa shape index (κ1) is 5.92. The molecule has 0 aliphatic heterocycles. The van der Waals surface area contributed by atoms with E-state index >= 15 is 0 Å². The maximum atomic E-state index is 4.86. The van der Waals surface area contributed by atoms with Crippen molar-refractivity contribution in [1.82, 2.24) is 0 Å². The second-order valence-corrected chi connectivity index (χ2v) is 0.780. The Balaban J connectivity index is 3.48. The lowest BCUT2D eigenvalue weighted by molar-refractivity contribution is 1.47. The van der Waals surface area contributed by atoms with Crippen LogP contribution >= 0.6 is 0 Å². The fraction of sp³-hybridized carbons (Fsp3) is 0.250. The van der Waals surface area contributed by atoms with E-state index < -0.39 is 0 Å². The van der Waals surface area contributed by atoms with Crippen LogP contribution in [0.4, 0.5) is 0 Å². The molecule has 0 spiro atoms. The van der Waals surface area contributed by atoms with Gasteiger partial charge in [0.25, 0.3) is 0 Å². The molecule has 0 aliphatic rings. The van der Waals surface area contributed by atoms with Gasteiger partial charge in [-0.1, -0.05) is 0 Å². The molecule has 0 aliphatic carbocycles. The van der Waals surface area contributed by atoms with Gasteiger partial charge in [-0.25, -0.2) is 9.98 Å². The molecule has 0 unspecified atom stereocenters. The van der Waals surface area contributed by atoms with Gasteiger partial charge >= 0.3 is 0 Å². The summed E-state index contributed by atoms with van der Waals surface area (Å²) in [5.74, 6) is 2.47. The Bertz CT molecular complexity index is 108. The summed E-state index contributed by atoms with van der Waals surface area (Å²) < 4.78 is 0. The molecule has 0 saturated heterocycles. The molecule has 0 amide bonds. The van der Waals surface area contributed by atoms with Gasteiger partial charge in [0.2, 0.25) is 0 Å². The average Bonchev–Trinajstić information content (AvgIpc) is 1.69. The van der Waals surface area contributed by atoms with E-state index in [0.717, 1.165) is 0 Å². The van der Waals surface area contributed by atoms with Gasteiger partial charge in [-0.15, -0.1) is 0 Å². The molecule has 0 aromatic carbocycles. The predicted octanol–water partition coefficient (Wildman–Crippen LogP) is -0.213. The first-order chi connectivity index (χ1) is 3.41. The van der Waals surface area contributed by atoms with Crippen molar-refractivity contribution in [2.24, 2.45) is 15.7 Å². The maximum absolute atomic E-state index is 4.86. The Labute approximate surface area is 42.3 Å². The van der Waals surface area contributed by atoms with Gasteiger partial charge in [-0.05, 0) is 0 Å². The lowest BCUT2D eigenvalue weighted by Crippen LogP contribution is -1.84. The molecule has 0 saturated carbocycles. The molecular formula is C4H7N3. The first-order valence-electron chi connectivity index (χ1n) is 1.81. The molecule has 0 aromatic heterocycles. The summed E-state index contributed by atoms with van der Waals surface area (Å²) >= 11 is 0. The van der Waals surface area contributed by atoms with Crippen LogP contribution < -0.4 is 5.73 Å². The smallest absolute Gasteiger partial charge is 0.0894 e. The van der Waals surface area contributed by atoms with Crippen molar-refractivity contribution >= 4 is 12.2 Å². The molecule has 0 rings (SSSR count). The molecule has 0 aromatic rings. The molecule has 0 heterocycles. The number of nitrogens with two attached hydrogens (primary N) is 1. The van der Waals surface area contributed by atoms with Crippen LogP contribution in [-0.4, -0.2) is 19.3 Å². The van der Waals surface area contributed by atoms with E-state index in [4.69, 9.17) is 5.73 Å². The molecule has 0 radical (unpaired) electrons. The first-order valence-corrected chi connectivity index (χ1v) is 1.81. The van der Waals surface area contributed by atoms with Gasteiger partial charge in [0.15, 0.2) is 0 Å². The molecule has 2 N–H and O–H groups in total. The molecule has 38 valence electrons. The largest absolute Gasteiger partial charge is 0.390 e. The van der Waals surface area contributed by atoms with Gasteiger partial charge in [-0.2, -0.15) is 0 Å². The normalized spacial score (nSPS) is 8.14. The summed E-state index contributed by atoms with van der Waals surface area (Å²) in [6.45, 7) is 0. The quantitative estimate of drug-likeness (QED) is 0.357. The molecule has 0 bridgehead atoms. The Morgan fingerprint density at radius 3 is 2.86 bits per heavy atom. The zero-order chi connectivity index (χ0) is 5.54. The molecule has 7 heavy (non-hydrogen) atoms. The van der Waals surface area contributed by atoms with Crippen LogP contribution in [0.3, 0.4) is 0 Å². The zero-order valence-electron chi connectivity index (χ0n) is 4.13. The van der Waals surface area contributed by atoms with E-state index in [9.17, 15) is 0 Å². The van der Waals surface area contributed by atoms with E-state index in [1.54, 1.807) is 7.05 Å². The second-order valence-electron chi connectivity index (χ2n) is 0.780. The van der Waals surface area contributed by atoms with Crippen molar-refractivity contribution < 1.29 is 0 Å². The van der Waals surface area contributed by atoms with Crippen LogP contribution in [0.2, 0.25) is 0 Å². The van der Waals surface area contributed by atoms with Gasteiger partial charge in [-0.3, -0.25) is 0 Å². The second kappa shape index (κ2) is 4.92. The van der Waals surface area contributed by atoms with Crippen LogP contribution in [-0.2, 0) is 0 Å². The predicted molar refractivity (Wildman–Crippen MR) is 30.6 cm³/mol. The highest BCUT2D eigenvalue weighted by Gasteiger charge is 1.48. The van der Waals surface area contributed by atoms with Gasteiger partial charge in [0.1, 0.15) is 0 Å². The SMILES string of the molecule is CN=C=C/N=C\N. The summed E-state index contributed by atoms with van der Waals surface area (Å²) in [4.78, 5) is 6.98. The lowest BCUT2D eigenvalue weighted by Gasteiger charge is -1.62. The minimum absolute atomic E-state index is 1.18. The average molecular weight is 97.1 g/mol. The minimum Gasteiger partial charge on any atom is -0.390 e. The summed E-state index contributed by atoms with van der Waals surface area (Å²) in [6.07, 6.45) is 2.57. The van der Waals surface area contributed by atoms with E-state index in [1.165, 1.54) is 12.5 Å². The van der Waals surface area contributed by atoms with E-state index in [2.05, 4.69) is 15.9 Å². The molecule has 0 atom stereocenters. The molecular weight excluding hydrogens is 90.1 g/mol. The summed E-state index contributed by atoms with van der Waals surface area (Å²) in [7, 11) is 1.61. The highest BCUT2D eigenvalue weighted by atomic mass is 14.8. The number of rotatable bonds is 1. The number of hydrogen-bond donors (Lipinski definition) is 1. The number of nitrogens with zero attached hydrogens (tertiary/aromatic N) is 2. The standard InChI is InChI=1S/C4H7N3/c1-6-2-3-7-4-5/h3-4H,1H3,(H2,5,7). The monoisotopic (exact) mass is 97.1 g/mol. The van der Waals surface area contributed by atoms with E-state index in [0.29, 0.717) is 0 Å². The third-order valence-corrected chi connectivity index (χ3v) is 0.347. The summed E-state index contributed by atoms with van der Waals surface area (Å²) in [5.41, 5.74) is 4.86. The topological polar surface area (TPSA) is 50.7 Å². The van der Waals surface area contributed by atoms with Crippen LogP contribution in [0, 0.1) is 0 Å². The molecule has 3 heteroatoms. The van der Waals surface area contributed by atoms with Crippen molar-refractivity contribution in [3.05, 3.63) is 6.20 Å². The van der Waals surface area contributed by atoms with Crippen LogP contribution in [0.1, 0.15) is 0 Å². The fourth-order valence-electron chi connectivity index (χ4n) is 0.134. The highest BCUT2D eigenvalue weighted by Crippen LogP contribution is 1.55. The van der Waals surface area contributed by atoms with Crippen molar-refractivity contribution in [2.45, 2.75) is 0 Å². The Hall–Kier alpha value is -1.08. The van der Waals surface area contributed by atoms with Gasteiger partial charge < -0.3 is 5.73 Å².